The average Bonchev–Trinajstić information content (AvgIpc) is 3.39. The molecule has 170 valence electrons. The third-order valence-corrected chi connectivity index (χ3v) is 6.55. The number of fused-ring (bicyclic) bond motifs is 1. The van der Waals surface area contributed by atoms with Gasteiger partial charge in [-0.25, -0.2) is 0 Å². The van der Waals surface area contributed by atoms with Gasteiger partial charge in [-0.05, 0) is 36.2 Å². The molecule has 1 saturated heterocycles. The van der Waals surface area contributed by atoms with Gasteiger partial charge in [0.1, 0.15) is 0 Å². The summed E-state index contributed by atoms with van der Waals surface area (Å²) in [6.07, 6.45) is 3.22. The molecule has 0 spiro atoms. The predicted molar refractivity (Wildman–Crippen MR) is 123 cm³/mol. The number of amides is 2. The summed E-state index contributed by atoms with van der Waals surface area (Å²) >= 11 is 0. The van der Waals surface area contributed by atoms with Crippen molar-refractivity contribution in [2.45, 2.75) is 25.9 Å². The number of aryl methyl sites for hydroxylation is 1. The topological polar surface area (TPSA) is 69.9 Å². The number of carbonyl (C=O) groups excluding carboxylic acids is 2. The number of furan rings is 1. The van der Waals surface area contributed by atoms with E-state index in [0.29, 0.717) is 31.9 Å². The van der Waals surface area contributed by atoms with Gasteiger partial charge in [0.15, 0.2) is 5.76 Å². The number of carbonyl (C=O) groups is 2. The molecule has 7 nitrogen and oxygen atoms in total. The standard InChI is InChI=1S/C26H28N4O3/c1-19-6-8-20(9-7-19)16-28-11-13-29(14-12-28)25(31)22-18-30(26(32)23-5-3-15-33-23)17-21-4-2-10-27-24(21)22/h2-10,15,22H,11-14,16-18H2,1H3. The Balaban J connectivity index is 1.27. The molecule has 2 aliphatic rings. The Labute approximate surface area is 193 Å². The maximum absolute atomic E-state index is 13.6. The van der Waals surface area contributed by atoms with E-state index in [4.69, 9.17) is 4.42 Å². The van der Waals surface area contributed by atoms with Crippen molar-refractivity contribution in [1.29, 1.82) is 0 Å². The summed E-state index contributed by atoms with van der Waals surface area (Å²) < 4.78 is 5.31. The second-order valence-electron chi connectivity index (χ2n) is 8.85. The second kappa shape index (κ2) is 9.19. The summed E-state index contributed by atoms with van der Waals surface area (Å²) in [5.41, 5.74) is 4.25. The molecule has 7 heteroatoms. The van der Waals surface area contributed by atoms with Gasteiger partial charge in [0, 0.05) is 52.0 Å². The number of aromatic nitrogens is 1. The minimum absolute atomic E-state index is 0.0434. The van der Waals surface area contributed by atoms with Crippen molar-refractivity contribution in [3.63, 3.8) is 0 Å². The van der Waals surface area contributed by atoms with Crippen LogP contribution in [0.5, 0.6) is 0 Å². The van der Waals surface area contributed by atoms with Crippen molar-refractivity contribution in [2.75, 3.05) is 32.7 Å². The summed E-state index contributed by atoms with van der Waals surface area (Å²) in [6, 6.07) is 15.8. The van der Waals surface area contributed by atoms with Crippen LogP contribution >= 0.6 is 0 Å². The van der Waals surface area contributed by atoms with Crippen LogP contribution in [0, 0.1) is 6.92 Å². The van der Waals surface area contributed by atoms with Crippen molar-refractivity contribution in [3.05, 3.63) is 89.1 Å². The van der Waals surface area contributed by atoms with Gasteiger partial charge in [-0.15, -0.1) is 0 Å². The van der Waals surface area contributed by atoms with Crippen LogP contribution in [0.1, 0.15) is 38.9 Å². The summed E-state index contributed by atoms with van der Waals surface area (Å²) in [6.45, 7) is 6.73. The van der Waals surface area contributed by atoms with Gasteiger partial charge in [-0.1, -0.05) is 35.9 Å². The molecule has 33 heavy (non-hydrogen) atoms. The van der Waals surface area contributed by atoms with E-state index >= 15 is 0 Å². The van der Waals surface area contributed by atoms with Crippen molar-refractivity contribution in [2.24, 2.45) is 0 Å². The van der Waals surface area contributed by atoms with Crippen molar-refractivity contribution >= 4 is 11.8 Å². The number of nitrogens with zero attached hydrogens (tertiary/aromatic N) is 4. The van der Waals surface area contributed by atoms with Crippen LogP contribution in [0.3, 0.4) is 0 Å². The number of pyridine rings is 1. The lowest BCUT2D eigenvalue weighted by Gasteiger charge is -2.39. The molecule has 0 radical (unpaired) electrons. The van der Waals surface area contributed by atoms with E-state index in [0.717, 1.165) is 30.9 Å². The average molecular weight is 445 g/mol. The Kier molecular flexibility index (Phi) is 5.96. The largest absolute Gasteiger partial charge is 0.459 e. The van der Waals surface area contributed by atoms with Gasteiger partial charge in [0.25, 0.3) is 5.91 Å². The van der Waals surface area contributed by atoms with E-state index in [1.807, 2.05) is 17.0 Å². The maximum Gasteiger partial charge on any atom is 0.289 e. The zero-order valence-electron chi connectivity index (χ0n) is 18.8. The van der Waals surface area contributed by atoms with Crippen LogP contribution in [0.2, 0.25) is 0 Å². The Morgan fingerprint density at radius 2 is 1.79 bits per heavy atom. The summed E-state index contributed by atoms with van der Waals surface area (Å²) in [4.78, 5) is 37.0. The van der Waals surface area contributed by atoms with Crippen LogP contribution in [-0.4, -0.2) is 64.2 Å². The number of hydrogen-bond donors (Lipinski definition) is 0. The first kappa shape index (κ1) is 21.4. The van der Waals surface area contributed by atoms with Crippen molar-refractivity contribution in [1.82, 2.24) is 19.7 Å². The summed E-state index contributed by atoms with van der Waals surface area (Å²) in [5, 5.41) is 0. The summed E-state index contributed by atoms with van der Waals surface area (Å²) in [7, 11) is 0. The third kappa shape index (κ3) is 4.54. The predicted octanol–water partition coefficient (Wildman–Crippen LogP) is 3.07. The van der Waals surface area contributed by atoms with E-state index in [-0.39, 0.29) is 11.8 Å². The van der Waals surface area contributed by atoms with E-state index in [1.54, 1.807) is 23.2 Å². The fraction of sp³-hybridized carbons (Fsp3) is 0.346. The quantitative estimate of drug-likeness (QED) is 0.619. The third-order valence-electron chi connectivity index (χ3n) is 6.55. The molecule has 0 bridgehead atoms. The first-order valence-electron chi connectivity index (χ1n) is 11.4. The fourth-order valence-electron chi connectivity index (χ4n) is 4.68. The first-order chi connectivity index (χ1) is 16.1. The maximum atomic E-state index is 13.6. The molecule has 2 aliphatic heterocycles. The highest BCUT2D eigenvalue weighted by Gasteiger charge is 2.37. The molecule has 3 aromatic rings. The Bertz CT molecular complexity index is 1120. The van der Waals surface area contributed by atoms with Gasteiger partial charge in [0.2, 0.25) is 5.91 Å². The smallest absolute Gasteiger partial charge is 0.289 e. The number of rotatable bonds is 4. The van der Waals surface area contributed by atoms with Crippen molar-refractivity contribution in [3.8, 4) is 0 Å². The fourth-order valence-corrected chi connectivity index (χ4v) is 4.68. The minimum Gasteiger partial charge on any atom is -0.459 e. The molecule has 0 aliphatic carbocycles. The SMILES string of the molecule is Cc1ccc(CN2CCN(C(=O)C3CN(C(=O)c4ccco4)Cc4cccnc43)CC2)cc1. The molecule has 1 aromatic carbocycles. The van der Waals surface area contributed by atoms with E-state index in [2.05, 4.69) is 41.1 Å². The lowest BCUT2D eigenvalue weighted by Crippen LogP contribution is -2.52. The number of hydrogen-bond acceptors (Lipinski definition) is 5. The molecule has 2 aromatic heterocycles. The molecular formula is C26H28N4O3. The second-order valence-corrected chi connectivity index (χ2v) is 8.85. The van der Waals surface area contributed by atoms with Crippen molar-refractivity contribution < 1.29 is 14.0 Å². The first-order valence-corrected chi connectivity index (χ1v) is 11.4. The Morgan fingerprint density at radius 3 is 2.52 bits per heavy atom. The highest BCUT2D eigenvalue weighted by atomic mass is 16.3. The van der Waals surface area contributed by atoms with Gasteiger partial charge in [0.05, 0.1) is 17.9 Å². The van der Waals surface area contributed by atoms with Gasteiger partial charge in [-0.3, -0.25) is 19.5 Å². The molecule has 1 unspecified atom stereocenters. The van der Waals surface area contributed by atoms with Gasteiger partial charge >= 0.3 is 0 Å². The van der Waals surface area contributed by atoms with Gasteiger partial charge in [-0.2, -0.15) is 0 Å². The van der Waals surface area contributed by atoms with E-state index in [1.165, 1.54) is 17.4 Å². The molecule has 0 saturated carbocycles. The molecule has 0 N–H and O–H groups in total. The van der Waals surface area contributed by atoms with Gasteiger partial charge < -0.3 is 14.2 Å². The number of benzene rings is 1. The lowest BCUT2D eigenvalue weighted by molar-refractivity contribution is -0.135. The highest BCUT2D eigenvalue weighted by Crippen LogP contribution is 2.29. The Hall–Kier alpha value is -3.45. The molecular weight excluding hydrogens is 416 g/mol. The molecule has 2 amide bonds. The highest BCUT2D eigenvalue weighted by molar-refractivity contribution is 5.93. The molecule has 4 heterocycles. The zero-order valence-corrected chi connectivity index (χ0v) is 18.8. The van der Waals surface area contributed by atoms with Crippen LogP contribution in [0.25, 0.3) is 0 Å². The monoisotopic (exact) mass is 444 g/mol. The van der Waals surface area contributed by atoms with E-state index < -0.39 is 5.92 Å². The molecule has 1 fully saturated rings. The van der Waals surface area contributed by atoms with Crippen LogP contribution < -0.4 is 0 Å². The minimum atomic E-state index is -0.461. The summed E-state index contributed by atoms with van der Waals surface area (Å²) in [5.74, 6) is -0.326. The normalized spacial score (nSPS) is 18.8. The van der Waals surface area contributed by atoms with Crippen LogP contribution in [0.15, 0.2) is 65.4 Å². The zero-order chi connectivity index (χ0) is 22.8. The van der Waals surface area contributed by atoms with E-state index in [9.17, 15) is 9.59 Å². The van der Waals surface area contributed by atoms with Crippen LogP contribution in [0.4, 0.5) is 0 Å². The number of piperazine rings is 1. The Morgan fingerprint density at radius 1 is 1.00 bits per heavy atom. The lowest BCUT2D eigenvalue weighted by atomic mass is 9.93. The van der Waals surface area contributed by atoms with Crippen LogP contribution in [-0.2, 0) is 17.9 Å². The molecule has 5 rings (SSSR count). The molecule has 1 atom stereocenters.